The molecule has 1 fully saturated rings. The van der Waals surface area contributed by atoms with Crippen molar-refractivity contribution in [2.24, 2.45) is 0 Å². The smallest absolute Gasteiger partial charge is 0.249 e. The Kier molecular flexibility index (Phi) is 6.08. The quantitative estimate of drug-likeness (QED) is 0.851. The number of hydrogen-bond acceptors (Lipinski definition) is 4. The van der Waals surface area contributed by atoms with Crippen LogP contribution >= 0.6 is 0 Å². The van der Waals surface area contributed by atoms with E-state index in [0.29, 0.717) is 18.7 Å². The number of nitrogens with zero attached hydrogens (tertiary/aromatic N) is 1. The Hall–Kier alpha value is -2.86. The molecule has 1 saturated heterocycles. The van der Waals surface area contributed by atoms with E-state index in [1.165, 1.54) is 7.11 Å². The van der Waals surface area contributed by atoms with Crippen LogP contribution in [0.15, 0.2) is 48.5 Å². The van der Waals surface area contributed by atoms with Gasteiger partial charge < -0.3 is 19.7 Å². The van der Waals surface area contributed by atoms with Gasteiger partial charge in [-0.05, 0) is 48.2 Å². The first kappa shape index (κ1) is 18.9. The average Bonchev–Trinajstić information content (AvgIpc) is 3.19. The van der Waals surface area contributed by atoms with Crippen LogP contribution < -0.4 is 10.1 Å². The number of anilines is 1. The summed E-state index contributed by atoms with van der Waals surface area (Å²) in [7, 11) is 3.12. The average molecular weight is 368 g/mol. The monoisotopic (exact) mass is 368 g/mol. The minimum atomic E-state index is -0.439. The first-order valence-corrected chi connectivity index (χ1v) is 8.96. The van der Waals surface area contributed by atoms with Crippen molar-refractivity contribution < 1.29 is 19.1 Å². The molecule has 27 heavy (non-hydrogen) atoms. The molecule has 0 spiro atoms. The second kappa shape index (κ2) is 8.68. The van der Waals surface area contributed by atoms with Crippen LogP contribution in [0.25, 0.3) is 11.1 Å². The fraction of sp³-hybridized carbons (Fsp3) is 0.333. The molecule has 0 saturated carbocycles. The molecule has 3 rings (SSSR count). The molecule has 6 heteroatoms. The van der Waals surface area contributed by atoms with Crippen molar-refractivity contribution in [2.75, 3.05) is 32.7 Å². The molecular formula is C21H24N2O4. The van der Waals surface area contributed by atoms with Gasteiger partial charge in [0.2, 0.25) is 11.8 Å². The van der Waals surface area contributed by atoms with Crippen molar-refractivity contribution in [3.63, 3.8) is 0 Å². The molecule has 1 aliphatic heterocycles. The summed E-state index contributed by atoms with van der Waals surface area (Å²) < 4.78 is 10.2. The van der Waals surface area contributed by atoms with Gasteiger partial charge in [-0.1, -0.05) is 24.3 Å². The zero-order chi connectivity index (χ0) is 19.2. The van der Waals surface area contributed by atoms with Crippen molar-refractivity contribution in [1.82, 2.24) is 4.90 Å². The summed E-state index contributed by atoms with van der Waals surface area (Å²) in [5.74, 6) is 0.488. The Labute approximate surface area is 159 Å². The Morgan fingerprint density at radius 2 is 1.89 bits per heavy atom. The molecule has 0 bridgehead atoms. The van der Waals surface area contributed by atoms with Gasteiger partial charge in [0.25, 0.3) is 0 Å². The Morgan fingerprint density at radius 3 is 2.59 bits per heavy atom. The Morgan fingerprint density at radius 1 is 1.11 bits per heavy atom. The van der Waals surface area contributed by atoms with E-state index in [0.717, 1.165) is 23.3 Å². The first-order valence-electron chi connectivity index (χ1n) is 8.96. The highest BCUT2D eigenvalue weighted by Crippen LogP contribution is 2.25. The molecule has 1 aliphatic rings. The first-order chi connectivity index (χ1) is 13.1. The van der Waals surface area contributed by atoms with E-state index in [1.54, 1.807) is 12.0 Å². The fourth-order valence-corrected chi connectivity index (χ4v) is 3.32. The van der Waals surface area contributed by atoms with Gasteiger partial charge in [-0.2, -0.15) is 0 Å². The molecule has 6 nitrogen and oxygen atoms in total. The lowest BCUT2D eigenvalue weighted by Crippen LogP contribution is -2.44. The molecule has 1 N–H and O–H groups in total. The van der Waals surface area contributed by atoms with Gasteiger partial charge >= 0.3 is 0 Å². The second-order valence-corrected chi connectivity index (χ2v) is 6.48. The molecule has 142 valence electrons. The number of carbonyl (C=O) groups excluding carboxylic acids is 2. The number of benzene rings is 2. The Balaban J connectivity index is 1.67. The highest BCUT2D eigenvalue weighted by atomic mass is 16.5. The summed E-state index contributed by atoms with van der Waals surface area (Å²) in [5, 5.41) is 2.91. The predicted octanol–water partition coefficient (Wildman–Crippen LogP) is 2.94. The number of hydrogen-bond donors (Lipinski definition) is 1. The van der Waals surface area contributed by atoms with E-state index in [-0.39, 0.29) is 18.4 Å². The largest absolute Gasteiger partial charge is 0.497 e. The normalized spacial score (nSPS) is 16.2. The van der Waals surface area contributed by atoms with Gasteiger partial charge in [-0.25, -0.2) is 0 Å². The van der Waals surface area contributed by atoms with Crippen molar-refractivity contribution in [3.05, 3.63) is 48.5 Å². The van der Waals surface area contributed by atoms with Crippen molar-refractivity contribution in [1.29, 1.82) is 0 Å². The minimum Gasteiger partial charge on any atom is -0.497 e. The number of amides is 2. The molecule has 2 aromatic carbocycles. The number of methoxy groups -OCH3 is 2. The third-order valence-corrected chi connectivity index (χ3v) is 4.70. The summed E-state index contributed by atoms with van der Waals surface area (Å²) >= 11 is 0. The van der Waals surface area contributed by atoms with Crippen LogP contribution in [0.1, 0.15) is 12.8 Å². The van der Waals surface area contributed by atoms with Crippen LogP contribution in [0.5, 0.6) is 5.75 Å². The maximum absolute atomic E-state index is 12.6. The minimum absolute atomic E-state index is 0.000977. The van der Waals surface area contributed by atoms with E-state index in [4.69, 9.17) is 9.47 Å². The highest BCUT2D eigenvalue weighted by Gasteiger charge is 2.33. The lowest BCUT2D eigenvalue weighted by Gasteiger charge is -2.23. The zero-order valence-corrected chi connectivity index (χ0v) is 15.6. The van der Waals surface area contributed by atoms with Gasteiger partial charge in [-0.3, -0.25) is 9.59 Å². The van der Waals surface area contributed by atoms with Crippen LogP contribution in [-0.2, 0) is 14.3 Å². The van der Waals surface area contributed by atoms with E-state index < -0.39 is 6.04 Å². The SMILES string of the molecule is COCC(=O)N1CCC[C@@H]1C(=O)Nc1ccc(-c2cccc(OC)c2)cc1. The number of likely N-dealkylation sites (tertiary alicyclic amines) is 1. The standard InChI is InChI=1S/C21H24N2O4/c1-26-14-20(24)23-12-4-7-19(23)21(25)22-17-10-8-15(9-11-17)16-5-3-6-18(13-16)27-2/h3,5-6,8-11,13,19H,4,7,12,14H2,1-2H3,(H,22,25)/t19-/m1/s1. The summed E-state index contributed by atoms with van der Waals surface area (Å²) in [5.41, 5.74) is 2.78. The zero-order valence-electron chi connectivity index (χ0n) is 15.6. The van der Waals surface area contributed by atoms with E-state index in [1.807, 2.05) is 48.5 Å². The predicted molar refractivity (Wildman–Crippen MR) is 104 cm³/mol. The third-order valence-electron chi connectivity index (χ3n) is 4.70. The van der Waals surface area contributed by atoms with Crippen LogP contribution in [-0.4, -0.2) is 50.1 Å². The molecular weight excluding hydrogens is 344 g/mol. The molecule has 0 aliphatic carbocycles. The summed E-state index contributed by atoms with van der Waals surface area (Å²) in [4.78, 5) is 26.3. The van der Waals surface area contributed by atoms with E-state index in [9.17, 15) is 9.59 Å². The molecule has 1 atom stereocenters. The van der Waals surface area contributed by atoms with E-state index in [2.05, 4.69) is 5.32 Å². The molecule has 2 aromatic rings. The summed E-state index contributed by atoms with van der Waals surface area (Å²) in [6.07, 6.45) is 1.49. The van der Waals surface area contributed by atoms with Crippen LogP contribution in [0.4, 0.5) is 5.69 Å². The molecule has 1 heterocycles. The molecule has 0 aromatic heterocycles. The summed E-state index contributed by atoms with van der Waals surface area (Å²) in [6.45, 7) is 0.591. The molecule has 0 unspecified atom stereocenters. The topological polar surface area (TPSA) is 67.9 Å². The van der Waals surface area contributed by atoms with Gasteiger partial charge in [0.1, 0.15) is 18.4 Å². The van der Waals surface area contributed by atoms with Crippen LogP contribution in [0, 0.1) is 0 Å². The molecule has 0 radical (unpaired) electrons. The van der Waals surface area contributed by atoms with Crippen molar-refractivity contribution in [2.45, 2.75) is 18.9 Å². The van der Waals surface area contributed by atoms with Crippen molar-refractivity contribution >= 4 is 17.5 Å². The van der Waals surface area contributed by atoms with Crippen LogP contribution in [0.2, 0.25) is 0 Å². The van der Waals surface area contributed by atoms with Gasteiger partial charge in [-0.15, -0.1) is 0 Å². The Bertz CT molecular complexity index is 804. The lowest BCUT2D eigenvalue weighted by molar-refractivity contribution is -0.139. The number of nitrogens with one attached hydrogen (secondary N) is 1. The van der Waals surface area contributed by atoms with Gasteiger partial charge in [0.15, 0.2) is 0 Å². The highest BCUT2D eigenvalue weighted by molar-refractivity contribution is 5.97. The third kappa shape index (κ3) is 4.46. The lowest BCUT2D eigenvalue weighted by atomic mass is 10.1. The number of rotatable bonds is 6. The van der Waals surface area contributed by atoms with Crippen LogP contribution in [0.3, 0.4) is 0 Å². The van der Waals surface area contributed by atoms with Crippen molar-refractivity contribution in [3.8, 4) is 16.9 Å². The van der Waals surface area contributed by atoms with E-state index >= 15 is 0 Å². The molecule has 2 amide bonds. The second-order valence-electron chi connectivity index (χ2n) is 6.48. The maximum atomic E-state index is 12.6. The number of ether oxygens (including phenoxy) is 2. The number of carbonyl (C=O) groups is 2. The fourth-order valence-electron chi connectivity index (χ4n) is 3.32. The van der Waals surface area contributed by atoms with Gasteiger partial charge in [0, 0.05) is 19.3 Å². The summed E-state index contributed by atoms with van der Waals surface area (Å²) in [6, 6.07) is 15.0. The van der Waals surface area contributed by atoms with Gasteiger partial charge in [0.05, 0.1) is 7.11 Å². The maximum Gasteiger partial charge on any atom is 0.249 e.